The minimum Gasteiger partial charge on any atom is -0.493 e. The largest absolute Gasteiger partial charge is 0.493 e. The van der Waals surface area contributed by atoms with E-state index in [1.807, 2.05) is 37.3 Å². The van der Waals surface area contributed by atoms with Crippen molar-refractivity contribution in [2.24, 2.45) is 0 Å². The third kappa shape index (κ3) is 6.35. The van der Waals surface area contributed by atoms with E-state index in [2.05, 4.69) is 15.0 Å². The monoisotopic (exact) mass is 581 g/mol. The van der Waals surface area contributed by atoms with Crippen LogP contribution in [0.25, 0.3) is 11.5 Å². The summed E-state index contributed by atoms with van der Waals surface area (Å²) >= 11 is 0. The first-order valence-corrected chi connectivity index (χ1v) is 13.0. The van der Waals surface area contributed by atoms with Crippen molar-refractivity contribution in [1.29, 1.82) is 0 Å². The molecular weight excluding hydrogens is 555 g/mol. The second-order valence-corrected chi connectivity index (χ2v) is 9.55. The van der Waals surface area contributed by atoms with Gasteiger partial charge in [0, 0.05) is 36.8 Å². The first-order chi connectivity index (χ1) is 20.1. The van der Waals surface area contributed by atoms with Crippen molar-refractivity contribution in [2.75, 3.05) is 31.1 Å². The van der Waals surface area contributed by atoms with Crippen LogP contribution >= 0.6 is 0 Å². The number of halogens is 3. The Labute approximate surface area is 238 Å². The zero-order valence-electron chi connectivity index (χ0n) is 22.4. The van der Waals surface area contributed by atoms with Crippen molar-refractivity contribution in [2.45, 2.75) is 25.6 Å². The van der Waals surface area contributed by atoms with Crippen LogP contribution in [0.2, 0.25) is 0 Å². The predicted octanol–water partition coefficient (Wildman–Crippen LogP) is 4.50. The van der Waals surface area contributed by atoms with Gasteiger partial charge in [-0.1, -0.05) is 18.2 Å². The minimum absolute atomic E-state index is 0.0460. The number of carbonyl (C=O) groups is 2. The summed E-state index contributed by atoms with van der Waals surface area (Å²) < 4.78 is 50.8. The molecule has 1 atom stereocenters. The molecule has 1 fully saturated rings. The summed E-state index contributed by atoms with van der Waals surface area (Å²) in [6.07, 6.45) is -3.20. The van der Waals surface area contributed by atoms with Crippen molar-refractivity contribution >= 4 is 17.8 Å². The van der Waals surface area contributed by atoms with Crippen LogP contribution in [-0.2, 0) is 17.4 Å². The van der Waals surface area contributed by atoms with Crippen molar-refractivity contribution in [3.05, 3.63) is 89.6 Å². The van der Waals surface area contributed by atoms with E-state index in [0.717, 1.165) is 23.5 Å². The number of carbonyl (C=O) groups excluding carboxylic acids is 1. The van der Waals surface area contributed by atoms with E-state index in [0.29, 0.717) is 30.4 Å². The summed E-state index contributed by atoms with van der Waals surface area (Å²) in [5, 5.41) is 9.80. The number of alkyl halides is 3. The number of aromatic nitrogens is 3. The summed E-state index contributed by atoms with van der Waals surface area (Å²) in [5.41, 5.74) is 0.768. The second-order valence-electron chi connectivity index (χ2n) is 9.55. The highest BCUT2D eigenvalue weighted by Crippen LogP contribution is 2.29. The van der Waals surface area contributed by atoms with E-state index in [9.17, 15) is 27.9 Å². The molecule has 1 unspecified atom stereocenters. The van der Waals surface area contributed by atoms with Gasteiger partial charge >= 0.3 is 12.1 Å². The van der Waals surface area contributed by atoms with E-state index in [4.69, 9.17) is 9.15 Å². The Morgan fingerprint density at radius 2 is 1.79 bits per heavy atom. The first-order valence-electron chi connectivity index (χ1n) is 13.0. The molecule has 0 spiro atoms. The van der Waals surface area contributed by atoms with Crippen LogP contribution in [0.1, 0.15) is 27.5 Å². The highest BCUT2D eigenvalue weighted by molar-refractivity contribution is 5.97. The summed E-state index contributed by atoms with van der Waals surface area (Å²) in [6, 6.07) is 15.3. The zero-order valence-corrected chi connectivity index (χ0v) is 22.4. The number of rotatable bonds is 8. The van der Waals surface area contributed by atoms with Crippen LogP contribution in [0.5, 0.6) is 5.75 Å². The second kappa shape index (κ2) is 11.9. The minimum atomic E-state index is -4.67. The molecule has 42 heavy (non-hydrogen) atoms. The van der Waals surface area contributed by atoms with Gasteiger partial charge < -0.3 is 24.1 Å². The van der Waals surface area contributed by atoms with E-state index < -0.39 is 29.8 Å². The fourth-order valence-electron chi connectivity index (χ4n) is 4.57. The summed E-state index contributed by atoms with van der Waals surface area (Å²) in [7, 11) is 0. The number of piperazine rings is 1. The lowest BCUT2D eigenvalue weighted by atomic mass is 10.1. The predicted molar refractivity (Wildman–Crippen MR) is 144 cm³/mol. The molecule has 1 aliphatic heterocycles. The van der Waals surface area contributed by atoms with Gasteiger partial charge in [-0.15, -0.1) is 0 Å². The number of aryl methyl sites for hydroxylation is 1. The number of oxazole rings is 1. The average Bonchev–Trinajstić information content (AvgIpc) is 3.37. The molecule has 2 aromatic heterocycles. The quantitative estimate of drug-likeness (QED) is 0.321. The molecule has 0 bridgehead atoms. The fourth-order valence-corrected chi connectivity index (χ4v) is 4.57. The summed E-state index contributed by atoms with van der Waals surface area (Å²) in [4.78, 5) is 39.7. The van der Waals surface area contributed by atoms with Crippen LogP contribution in [-0.4, -0.2) is 69.1 Å². The fraction of sp³-hybridized carbons (Fsp3) is 0.276. The van der Waals surface area contributed by atoms with Crippen molar-refractivity contribution in [3.8, 4) is 17.2 Å². The SMILES string of the molecule is Cc1oc(-c2ccccc2)nc1CCOc1ccc(C(=O)N2CCN(c3nccc(C(F)(F)F)n3)CC2C(=O)O)cc1. The standard InChI is InChI=1S/C29H26F3N5O5/c1-18-22(34-25(42-18)19-5-3-2-4-6-19)12-16-41-21-9-7-20(8-10-21)26(38)37-15-14-36(17-23(37)27(39)40)28-33-13-11-24(35-28)29(30,31)32/h2-11,13,23H,12,14-17H2,1H3,(H,39,40). The number of nitrogens with zero attached hydrogens (tertiary/aromatic N) is 5. The molecular formula is C29H26F3N5O5. The maximum absolute atomic E-state index is 13.2. The molecule has 3 heterocycles. The lowest BCUT2D eigenvalue weighted by Gasteiger charge is -2.39. The molecule has 10 nitrogen and oxygen atoms in total. The van der Waals surface area contributed by atoms with E-state index in [1.54, 1.807) is 12.1 Å². The van der Waals surface area contributed by atoms with Gasteiger partial charge in [0.2, 0.25) is 11.8 Å². The van der Waals surface area contributed by atoms with Gasteiger partial charge in [0.15, 0.2) is 0 Å². The van der Waals surface area contributed by atoms with Crippen molar-refractivity contribution in [3.63, 3.8) is 0 Å². The molecule has 5 rings (SSSR count). The van der Waals surface area contributed by atoms with Crippen molar-refractivity contribution < 1.29 is 37.0 Å². The molecule has 2 aromatic carbocycles. The smallest absolute Gasteiger partial charge is 0.433 e. The summed E-state index contributed by atoms with van der Waals surface area (Å²) in [5.74, 6) is -0.317. The molecule has 1 saturated heterocycles. The molecule has 1 N–H and O–H groups in total. The average molecular weight is 582 g/mol. The van der Waals surface area contributed by atoms with Crippen molar-refractivity contribution in [1.82, 2.24) is 19.9 Å². The van der Waals surface area contributed by atoms with E-state index in [-0.39, 0.29) is 31.1 Å². The number of benzene rings is 2. The van der Waals surface area contributed by atoms with Gasteiger partial charge in [0.05, 0.1) is 18.8 Å². The van der Waals surface area contributed by atoms with Gasteiger partial charge in [0.1, 0.15) is 23.2 Å². The number of hydrogen-bond acceptors (Lipinski definition) is 8. The Morgan fingerprint density at radius 1 is 1.05 bits per heavy atom. The molecule has 13 heteroatoms. The zero-order chi connectivity index (χ0) is 29.9. The Bertz CT molecular complexity index is 1560. The lowest BCUT2D eigenvalue weighted by molar-refractivity contribution is -0.143. The van der Waals surface area contributed by atoms with Crippen LogP contribution < -0.4 is 9.64 Å². The first kappa shape index (κ1) is 28.6. The molecule has 218 valence electrons. The maximum atomic E-state index is 13.2. The molecule has 0 radical (unpaired) electrons. The molecule has 1 amide bonds. The number of ether oxygens (including phenoxy) is 1. The maximum Gasteiger partial charge on any atom is 0.433 e. The molecule has 0 aliphatic carbocycles. The van der Waals surface area contributed by atoms with Gasteiger partial charge in [0.25, 0.3) is 5.91 Å². The normalized spacial score (nSPS) is 15.5. The van der Waals surface area contributed by atoms with Gasteiger partial charge in [-0.05, 0) is 49.4 Å². The van der Waals surface area contributed by atoms with Gasteiger partial charge in [-0.25, -0.2) is 19.7 Å². The summed E-state index contributed by atoms with van der Waals surface area (Å²) in [6.45, 7) is 1.90. The third-order valence-electron chi connectivity index (χ3n) is 6.76. The number of carboxylic acid groups (broad SMARTS) is 1. The number of amides is 1. The Hall–Kier alpha value is -4.94. The van der Waals surface area contributed by atoms with Gasteiger partial charge in [-0.2, -0.15) is 13.2 Å². The Kier molecular flexibility index (Phi) is 8.09. The third-order valence-corrected chi connectivity index (χ3v) is 6.76. The number of carboxylic acids is 1. The van der Waals surface area contributed by atoms with Crippen LogP contribution in [0.4, 0.5) is 19.1 Å². The number of aliphatic carboxylic acids is 1. The lowest BCUT2D eigenvalue weighted by Crippen LogP contribution is -2.58. The molecule has 0 saturated carbocycles. The number of hydrogen-bond donors (Lipinski definition) is 1. The highest BCUT2D eigenvalue weighted by atomic mass is 19.4. The van der Waals surface area contributed by atoms with Crippen LogP contribution in [0.3, 0.4) is 0 Å². The topological polar surface area (TPSA) is 122 Å². The Morgan fingerprint density at radius 3 is 2.48 bits per heavy atom. The van der Waals surface area contributed by atoms with Crippen LogP contribution in [0.15, 0.2) is 71.3 Å². The van der Waals surface area contributed by atoms with E-state index in [1.165, 1.54) is 21.9 Å². The Balaban J connectivity index is 1.19. The molecule has 1 aliphatic rings. The molecule has 4 aromatic rings. The van der Waals surface area contributed by atoms with E-state index >= 15 is 0 Å². The number of anilines is 1. The van der Waals surface area contributed by atoms with Crippen LogP contribution in [0, 0.1) is 6.92 Å². The van der Waals surface area contributed by atoms with Gasteiger partial charge in [-0.3, -0.25) is 4.79 Å². The highest BCUT2D eigenvalue weighted by Gasteiger charge is 2.38.